The zero-order valence-corrected chi connectivity index (χ0v) is 19.1. The molecule has 0 unspecified atom stereocenters. The molecule has 34 heavy (non-hydrogen) atoms. The van der Waals surface area contributed by atoms with Crippen LogP contribution in [0.3, 0.4) is 0 Å². The first-order valence-electron chi connectivity index (χ1n) is 10.7. The number of ether oxygens (including phenoxy) is 1. The highest BCUT2D eigenvalue weighted by molar-refractivity contribution is 6.00. The van der Waals surface area contributed by atoms with Gasteiger partial charge in [0.05, 0.1) is 5.69 Å². The minimum atomic E-state index is -1.14. The molecule has 0 spiro atoms. The maximum absolute atomic E-state index is 13.0. The number of likely N-dealkylation sites (N-methyl/N-ethyl adjacent to an activating group) is 1. The fraction of sp³-hybridized carbons (Fsp3) is 0.280. The summed E-state index contributed by atoms with van der Waals surface area (Å²) in [5.41, 5.74) is 0.993. The Hall–Kier alpha value is -4.16. The van der Waals surface area contributed by atoms with E-state index in [2.05, 4.69) is 32.0 Å². The number of carbonyl (C=O) groups is 1. The zero-order valence-electron chi connectivity index (χ0n) is 19.1. The SMILES string of the molecule is CN1C(=O)[C@@H](N=C([O-])c2n[nH]c(Cc3ccccc3)n2)COc2ccc(C#CC(C)(C)O)cc21. The second-order valence-electron chi connectivity index (χ2n) is 8.42. The molecule has 1 aliphatic heterocycles. The lowest BCUT2D eigenvalue weighted by molar-refractivity contribution is -0.214. The van der Waals surface area contributed by atoms with Crippen LogP contribution in [0.1, 0.15) is 36.6 Å². The Morgan fingerprint density at radius 2 is 2.09 bits per heavy atom. The number of fused-ring (bicyclic) bond motifs is 1. The number of aliphatic hydroxyl groups is 1. The molecule has 9 nitrogen and oxygen atoms in total. The van der Waals surface area contributed by atoms with Crippen LogP contribution < -0.4 is 14.7 Å². The molecule has 0 fully saturated rings. The summed E-state index contributed by atoms with van der Waals surface area (Å²) in [6.07, 6.45) is 0.489. The molecule has 3 aromatic rings. The number of hydrogen-bond donors (Lipinski definition) is 2. The number of rotatable bonds is 4. The van der Waals surface area contributed by atoms with Gasteiger partial charge in [0.2, 0.25) is 0 Å². The fourth-order valence-corrected chi connectivity index (χ4v) is 3.34. The van der Waals surface area contributed by atoms with Crippen LogP contribution in [0.25, 0.3) is 0 Å². The van der Waals surface area contributed by atoms with Crippen LogP contribution in [-0.4, -0.2) is 57.4 Å². The minimum absolute atomic E-state index is 0.0993. The van der Waals surface area contributed by atoms with Crippen LogP contribution in [0.15, 0.2) is 53.5 Å². The molecule has 1 aromatic heterocycles. The topological polar surface area (TPSA) is 127 Å². The van der Waals surface area contributed by atoms with Crippen molar-refractivity contribution < 1.29 is 19.7 Å². The van der Waals surface area contributed by atoms with Gasteiger partial charge in [-0.1, -0.05) is 42.2 Å². The average molecular weight is 458 g/mol. The first kappa shape index (κ1) is 23.0. The van der Waals surface area contributed by atoms with Crippen molar-refractivity contribution in [3.8, 4) is 17.6 Å². The molecule has 0 saturated heterocycles. The molecule has 0 aliphatic carbocycles. The normalized spacial score (nSPS) is 16.2. The molecule has 0 radical (unpaired) electrons. The molecule has 1 aliphatic rings. The summed E-state index contributed by atoms with van der Waals surface area (Å²) in [6.45, 7) is 3.08. The van der Waals surface area contributed by atoms with E-state index < -0.39 is 23.4 Å². The van der Waals surface area contributed by atoms with E-state index in [1.165, 1.54) is 4.90 Å². The molecule has 9 heteroatoms. The van der Waals surface area contributed by atoms with Crippen LogP contribution in [-0.2, 0) is 11.2 Å². The van der Waals surface area contributed by atoms with E-state index in [-0.39, 0.29) is 12.4 Å². The van der Waals surface area contributed by atoms with E-state index in [0.29, 0.717) is 29.2 Å². The summed E-state index contributed by atoms with van der Waals surface area (Å²) in [5, 5.41) is 29.2. The van der Waals surface area contributed by atoms with Gasteiger partial charge in [0.15, 0.2) is 11.9 Å². The fourth-order valence-electron chi connectivity index (χ4n) is 3.34. The number of aliphatic imine (C=N–C) groups is 1. The van der Waals surface area contributed by atoms with E-state index >= 15 is 0 Å². The number of hydrogen-bond acceptors (Lipinski definition) is 7. The number of nitrogens with zero attached hydrogens (tertiary/aromatic N) is 4. The van der Waals surface area contributed by atoms with Crippen LogP contribution in [0, 0.1) is 11.8 Å². The maximum atomic E-state index is 13.0. The molecule has 2 aromatic carbocycles. The molecule has 2 heterocycles. The number of H-pyrrole nitrogens is 1. The van der Waals surface area contributed by atoms with Crippen molar-refractivity contribution in [2.24, 2.45) is 4.99 Å². The van der Waals surface area contributed by atoms with Crippen molar-refractivity contribution in [2.75, 3.05) is 18.6 Å². The molecular weight excluding hydrogens is 434 g/mol. The van der Waals surface area contributed by atoms with Crippen LogP contribution >= 0.6 is 0 Å². The second kappa shape index (κ2) is 9.37. The standard InChI is InChI=1S/C25H25N5O4/c1-25(2,33)12-11-17-9-10-20-19(13-17)30(3)24(32)18(15-34-20)26-23(31)22-27-21(28-29-22)14-16-7-5-4-6-8-16/h4-10,13,18,33H,14-15H2,1-3H3,(H,26,31)(H,27,28,29)/p-1/t18-/m0/s1. The number of anilines is 1. The number of carbonyl (C=O) groups excluding carboxylic acids is 1. The average Bonchev–Trinajstić information content (AvgIpc) is 3.24. The predicted molar refractivity (Wildman–Crippen MR) is 124 cm³/mol. The molecule has 1 atom stereocenters. The van der Waals surface area contributed by atoms with E-state index in [0.717, 1.165) is 5.56 Å². The molecule has 0 saturated carbocycles. The van der Waals surface area contributed by atoms with Gasteiger partial charge in [-0.05, 0) is 37.6 Å². The Labute approximate surface area is 197 Å². The molecule has 1 amide bonds. The van der Waals surface area contributed by atoms with Crippen molar-refractivity contribution >= 4 is 17.5 Å². The Kier molecular flexibility index (Phi) is 6.34. The zero-order chi connectivity index (χ0) is 24.3. The summed E-state index contributed by atoms with van der Waals surface area (Å²) in [5.74, 6) is 5.41. The monoisotopic (exact) mass is 458 g/mol. The predicted octanol–water partition coefficient (Wildman–Crippen LogP) is 1.05. The summed E-state index contributed by atoms with van der Waals surface area (Å²) in [7, 11) is 1.58. The second-order valence-corrected chi connectivity index (χ2v) is 8.42. The third-order valence-electron chi connectivity index (χ3n) is 5.06. The van der Waals surface area contributed by atoms with Crippen LogP contribution in [0.5, 0.6) is 5.75 Å². The summed E-state index contributed by atoms with van der Waals surface area (Å²) in [4.78, 5) is 22.7. The molecular formula is C25H24N5O4-. The lowest BCUT2D eigenvalue weighted by Crippen LogP contribution is -2.38. The van der Waals surface area contributed by atoms with Crippen molar-refractivity contribution in [3.63, 3.8) is 0 Å². The Bertz CT molecular complexity index is 1280. The van der Waals surface area contributed by atoms with Gasteiger partial charge in [-0.2, -0.15) is 5.10 Å². The van der Waals surface area contributed by atoms with Crippen molar-refractivity contribution in [2.45, 2.75) is 31.9 Å². The maximum Gasteiger partial charge on any atom is 0.255 e. The van der Waals surface area contributed by atoms with Crippen molar-refractivity contribution in [3.05, 3.63) is 71.3 Å². The lowest BCUT2D eigenvalue weighted by atomic mass is 10.1. The van der Waals surface area contributed by atoms with Crippen molar-refractivity contribution in [1.29, 1.82) is 0 Å². The first-order chi connectivity index (χ1) is 16.2. The highest BCUT2D eigenvalue weighted by atomic mass is 16.5. The van der Waals surface area contributed by atoms with Gasteiger partial charge in [-0.3, -0.25) is 14.9 Å². The third-order valence-corrected chi connectivity index (χ3v) is 5.06. The van der Waals surface area contributed by atoms with E-state index in [1.807, 2.05) is 30.3 Å². The van der Waals surface area contributed by atoms with Crippen molar-refractivity contribution in [1.82, 2.24) is 15.2 Å². The van der Waals surface area contributed by atoms with Gasteiger partial charge in [-0.25, -0.2) is 4.98 Å². The van der Waals surface area contributed by atoms with E-state index in [1.54, 1.807) is 39.1 Å². The summed E-state index contributed by atoms with van der Waals surface area (Å²) >= 11 is 0. The third kappa shape index (κ3) is 5.42. The van der Waals surface area contributed by atoms with Gasteiger partial charge >= 0.3 is 0 Å². The lowest BCUT2D eigenvalue weighted by Gasteiger charge is -2.19. The van der Waals surface area contributed by atoms with Gasteiger partial charge < -0.3 is 19.8 Å². The smallest absolute Gasteiger partial charge is 0.255 e. The van der Waals surface area contributed by atoms with Crippen LogP contribution in [0.2, 0.25) is 0 Å². The van der Waals surface area contributed by atoms with Gasteiger partial charge in [0.1, 0.15) is 23.8 Å². The Morgan fingerprint density at radius 1 is 1.32 bits per heavy atom. The molecule has 0 bridgehead atoms. The van der Waals surface area contributed by atoms with Gasteiger partial charge in [0.25, 0.3) is 5.91 Å². The number of aromatic amines is 1. The number of nitrogens with one attached hydrogen (secondary N) is 1. The first-order valence-corrected chi connectivity index (χ1v) is 10.7. The molecule has 4 rings (SSSR count). The van der Waals surface area contributed by atoms with Gasteiger partial charge in [0, 0.05) is 24.9 Å². The quantitative estimate of drug-likeness (QED) is 0.342. The molecule has 2 N–H and O–H groups in total. The highest BCUT2D eigenvalue weighted by Gasteiger charge is 2.29. The van der Waals surface area contributed by atoms with Crippen LogP contribution in [0.4, 0.5) is 5.69 Å². The van der Waals surface area contributed by atoms with E-state index in [4.69, 9.17) is 4.74 Å². The molecule has 174 valence electrons. The Balaban J connectivity index is 1.52. The number of amides is 1. The van der Waals surface area contributed by atoms with E-state index in [9.17, 15) is 15.0 Å². The summed E-state index contributed by atoms with van der Waals surface area (Å²) < 4.78 is 5.77. The largest absolute Gasteiger partial charge is 0.856 e. The van der Waals surface area contributed by atoms with Gasteiger partial charge in [-0.15, -0.1) is 0 Å². The minimum Gasteiger partial charge on any atom is -0.856 e. The highest BCUT2D eigenvalue weighted by Crippen LogP contribution is 2.32. The summed E-state index contributed by atoms with van der Waals surface area (Å²) in [6, 6.07) is 13.7. The Morgan fingerprint density at radius 3 is 2.82 bits per heavy atom. The number of aromatic nitrogens is 3. The number of benzene rings is 2.